The second-order valence-electron chi connectivity index (χ2n) is 3.47. The molecule has 4 nitrogen and oxygen atoms in total. The lowest BCUT2D eigenvalue weighted by molar-refractivity contribution is -0.136. The minimum Gasteiger partial charge on any atom is -0.235 e. The van der Waals surface area contributed by atoms with Crippen molar-refractivity contribution in [3.8, 4) is 0 Å². The second kappa shape index (κ2) is 3.16. The molecule has 2 heterocycles. The van der Waals surface area contributed by atoms with E-state index in [0.717, 1.165) is 6.07 Å². The summed E-state index contributed by atoms with van der Waals surface area (Å²) in [6, 6.07) is 3.88. The number of hydrogen-bond acceptors (Lipinski definition) is 3. The van der Waals surface area contributed by atoms with Crippen LogP contribution in [0.2, 0.25) is 0 Å². The average Bonchev–Trinajstić information content (AvgIpc) is 2.75. The van der Waals surface area contributed by atoms with E-state index in [-0.39, 0.29) is 5.52 Å². The van der Waals surface area contributed by atoms with Gasteiger partial charge in [0.25, 0.3) is 0 Å². The molecule has 1 aromatic carbocycles. The van der Waals surface area contributed by atoms with Gasteiger partial charge in [0.2, 0.25) is 0 Å². The van der Waals surface area contributed by atoms with E-state index in [1.807, 2.05) is 0 Å². The molecular weight excluding hydrogens is 233 g/mol. The van der Waals surface area contributed by atoms with Crippen LogP contribution in [0.4, 0.5) is 13.2 Å². The van der Waals surface area contributed by atoms with Crippen molar-refractivity contribution in [2.45, 2.75) is 6.18 Å². The highest BCUT2D eigenvalue weighted by atomic mass is 19.4. The molecule has 0 radical (unpaired) electrons. The Kier molecular flexibility index (Phi) is 1.86. The SMILES string of the molecule is FC(F)(F)c1cccc2c1ncn1ncnc21. The summed E-state index contributed by atoms with van der Waals surface area (Å²) in [5.74, 6) is 0. The molecule has 86 valence electrons. The number of rotatable bonds is 0. The van der Waals surface area contributed by atoms with Gasteiger partial charge in [-0.3, -0.25) is 0 Å². The van der Waals surface area contributed by atoms with E-state index in [1.54, 1.807) is 6.07 Å². The van der Waals surface area contributed by atoms with E-state index in [2.05, 4.69) is 15.1 Å². The fraction of sp³-hybridized carbons (Fsp3) is 0.100. The molecule has 0 saturated carbocycles. The smallest absolute Gasteiger partial charge is 0.235 e. The van der Waals surface area contributed by atoms with Gasteiger partial charge in [0.05, 0.1) is 11.1 Å². The van der Waals surface area contributed by atoms with Crippen molar-refractivity contribution in [3.63, 3.8) is 0 Å². The number of fused-ring (bicyclic) bond motifs is 3. The zero-order valence-corrected chi connectivity index (χ0v) is 8.31. The first-order valence-electron chi connectivity index (χ1n) is 4.71. The van der Waals surface area contributed by atoms with Gasteiger partial charge in [-0.15, -0.1) is 0 Å². The van der Waals surface area contributed by atoms with Crippen molar-refractivity contribution in [3.05, 3.63) is 36.4 Å². The van der Waals surface area contributed by atoms with Crippen LogP contribution >= 0.6 is 0 Å². The van der Waals surface area contributed by atoms with E-state index >= 15 is 0 Å². The molecule has 0 amide bonds. The first kappa shape index (κ1) is 10.0. The summed E-state index contributed by atoms with van der Waals surface area (Å²) in [6.07, 6.45) is -1.93. The molecule has 7 heteroatoms. The van der Waals surface area contributed by atoms with Crippen LogP contribution in [0.25, 0.3) is 16.6 Å². The maximum atomic E-state index is 12.8. The summed E-state index contributed by atoms with van der Waals surface area (Å²) < 4.78 is 39.6. The first-order valence-corrected chi connectivity index (χ1v) is 4.71. The first-order chi connectivity index (χ1) is 8.07. The van der Waals surface area contributed by atoms with E-state index in [1.165, 1.54) is 23.2 Å². The highest BCUT2D eigenvalue weighted by Crippen LogP contribution is 2.34. The fourth-order valence-electron chi connectivity index (χ4n) is 1.73. The number of nitrogens with zero attached hydrogens (tertiary/aromatic N) is 4. The molecule has 2 aromatic heterocycles. The van der Waals surface area contributed by atoms with E-state index in [9.17, 15) is 13.2 Å². The molecule has 0 N–H and O–H groups in total. The van der Waals surface area contributed by atoms with Crippen LogP contribution in [-0.2, 0) is 6.18 Å². The Labute approximate surface area is 92.7 Å². The van der Waals surface area contributed by atoms with Gasteiger partial charge in [-0.1, -0.05) is 6.07 Å². The largest absolute Gasteiger partial charge is 0.418 e. The number of hydrogen-bond donors (Lipinski definition) is 0. The van der Waals surface area contributed by atoms with Gasteiger partial charge in [0, 0.05) is 5.39 Å². The summed E-state index contributed by atoms with van der Waals surface area (Å²) in [7, 11) is 0. The Morgan fingerprint density at radius 1 is 1.12 bits per heavy atom. The highest BCUT2D eigenvalue weighted by molar-refractivity contribution is 5.93. The third-order valence-corrected chi connectivity index (χ3v) is 2.45. The predicted octanol–water partition coefficient (Wildman–Crippen LogP) is 2.30. The minimum atomic E-state index is -4.43. The standard InChI is InChI=1S/C10H5F3N4/c11-10(12,13)7-3-1-2-6-8(7)15-5-17-9(6)14-4-16-17/h1-5H. The Balaban J connectivity index is 2.48. The number of alkyl halides is 3. The lowest BCUT2D eigenvalue weighted by atomic mass is 10.1. The molecule has 0 saturated heterocycles. The molecule has 0 spiro atoms. The normalized spacial score (nSPS) is 12.4. The van der Waals surface area contributed by atoms with Crippen LogP contribution in [0.3, 0.4) is 0 Å². The van der Waals surface area contributed by atoms with Gasteiger partial charge in [0.1, 0.15) is 12.7 Å². The number of para-hydroxylation sites is 1. The molecule has 0 atom stereocenters. The lowest BCUT2D eigenvalue weighted by Gasteiger charge is -2.09. The van der Waals surface area contributed by atoms with Crippen LogP contribution in [-0.4, -0.2) is 19.6 Å². The van der Waals surface area contributed by atoms with Crippen molar-refractivity contribution < 1.29 is 13.2 Å². The Hall–Kier alpha value is -2.18. The molecule has 0 aliphatic carbocycles. The highest BCUT2D eigenvalue weighted by Gasteiger charge is 2.33. The van der Waals surface area contributed by atoms with Crippen LogP contribution in [0, 0.1) is 0 Å². The Morgan fingerprint density at radius 2 is 1.94 bits per heavy atom. The van der Waals surface area contributed by atoms with Crippen LogP contribution in [0.5, 0.6) is 0 Å². The third-order valence-electron chi connectivity index (χ3n) is 2.45. The van der Waals surface area contributed by atoms with Crippen LogP contribution in [0.1, 0.15) is 5.56 Å². The molecule has 0 aliphatic heterocycles. The number of benzene rings is 1. The number of aromatic nitrogens is 4. The summed E-state index contributed by atoms with van der Waals surface area (Å²) in [5.41, 5.74) is -0.512. The minimum absolute atomic E-state index is 0.111. The van der Waals surface area contributed by atoms with Crippen molar-refractivity contribution >= 4 is 16.6 Å². The zero-order chi connectivity index (χ0) is 12.0. The summed E-state index contributed by atoms with van der Waals surface area (Å²) in [5, 5.41) is 4.16. The average molecular weight is 238 g/mol. The fourth-order valence-corrected chi connectivity index (χ4v) is 1.73. The Morgan fingerprint density at radius 3 is 2.71 bits per heavy atom. The molecule has 0 unspecified atom stereocenters. The predicted molar refractivity (Wildman–Crippen MR) is 53.3 cm³/mol. The van der Waals surface area contributed by atoms with Crippen molar-refractivity contribution in [2.75, 3.05) is 0 Å². The van der Waals surface area contributed by atoms with Crippen molar-refractivity contribution in [1.29, 1.82) is 0 Å². The topological polar surface area (TPSA) is 43.1 Å². The van der Waals surface area contributed by atoms with Gasteiger partial charge in [-0.05, 0) is 12.1 Å². The maximum Gasteiger partial charge on any atom is 0.418 e. The molecule has 3 aromatic rings. The quantitative estimate of drug-likeness (QED) is 0.603. The van der Waals surface area contributed by atoms with Gasteiger partial charge >= 0.3 is 6.18 Å². The van der Waals surface area contributed by atoms with E-state index in [4.69, 9.17) is 0 Å². The van der Waals surface area contributed by atoms with Gasteiger partial charge in [-0.2, -0.15) is 18.3 Å². The monoisotopic (exact) mass is 238 g/mol. The van der Waals surface area contributed by atoms with Crippen molar-refractivity contribution in [2.24, 2.45) is 0 Å². The van der Waals surface area contributed by atoms with E-state index in [0.29, 0.717) is 11.0 Å². The number of halogens is 3. The van der Waals surface area contributed by atoms with Gasteiger partial charge in [0.15, 0.2) is 5.65 Å². The van der Waals surface area contributed by atoms with Crippen molar-refractivity contribution in [1.82, 2.24) is 19.6 Å². The summed E-state index contributed by atoms with van der Waals surface area (Å²) in [4.78, 5) is 7.70. The molecule has 3 rings (SSSR count). The summed E-state index contributed by atoms with van der Waals surface area (Å²) >= 11 is 0. The van der Waals surface area contributed by atoms with Crippen LogP contribution in [0.15, 0.2) is 30.9 Å². The van der Waals surface area contributed by atoms with Gasteiger partial charge in [-0.25, -0.2) is 14.5 Å². The lowest BCUT2D eigenvalue weighted by Crippen LogP contribution is -2.07. The van der Waals surface area contributed by atoms with Gasteiger partial charge < -0.3 is 0 Å². The third kappa shape index (κ3) is 1.42. The van der Waals surface area contributed by atoms with E-state index < -0.39 is 11.7 Å². The molecule has 0 aliphatic rings. The molecule has 0 bridgehead atoms. The Bertz CT molecular complexity index is 701. The summed E-state index contributed by atoms with van der Waals surface area (Å²) in [6.45, 7) is 0. The molecule has 17 heavy (non-hydrogen) atoms. The van der Waals surface area contributed by atoms with Crippen LogP contribution < -0.4 is 0 Å². The maximum absolute atomic E-state index is 12.8. The second-order valence-corrected chi connectivity index (χ2v) is 3.47. The zero-order valence-electron chi connectivity index (χ0n) is 8.31. The molecule has 0 fully saturated rings. The molecular formula is C10H5F3N4.